The molecule has 1 aliphatic carbocycles. The average Bonchev–Trinajstić information content (AvgIpc) is 2.76. The quantitative estimate of drug-likeness (QED) is 0.734. The normalized spacial score (nSPS) is 19.6. The number of nitrogens with zero attached hydrogens (tertiary/aromatic N) is 2. The molecule has 1 heterocycles. The van der Waals surface area contributed by atoms with Crippen molar-refractivity contribution in [1.82, 2.24) is 9.78 Å². The number of ether oxygens (including phenoxy) is 1. The summed E-state index contributed by atoms with van der Waals surface area (Å²) in [7, 11) is 3.46. The summed E-state index contributed by atoms with van der Waals surface area (Å²) < 4.78 is 7.17. The minimum Gasteiger partial charge on any atom is -0.370 e. The molecule has 4 heteroatoms. The summed E-state index contributed by atoms with van der Waals surface area (Å²) in [5.41, 5.74) is 0.0626. The second kappa shape index (κ2) is 4.37. The van der Waals surface area contributed by atoms with Crippen LogP contribution in [0.3, 0.4) is 0 Å². The Hall–Kier alpha value is -1.16. The number of ketones is 1. The lowest BCUT2D eigenvalue weighted by molar-refractivity contribution is -0.0194. The van der Waals surface area contributed by atoms with Gasteiger partial charge in [-0.1, -0.05) is 19.3 Å². The lowest BCUT2D eigenvalue weighted by Gasteiger charge is -2.34. The summed E-state index contributed by atoms with van der Waals surface area (Å²) in [6, 6.07) is 0. The van der Waals surface area contributed by atoms with Crippen LogP contribution < -0.4 is 0 Å². The Kier molecular flexibility index (Phi) is 3.10. The van der Waals surface area contributed by atoms with Crippen LogP contribution in [0.15, 0.2) is 12.4 Å². The first-order valence-corrected chi connectivity index (χ1v) is 5.76. The van der Waals surface area contributed by atoms with E-state index in [0.717, 1.165) is 25.7 Å². The van der Waals surface area contributed by atoms with Crippen LogP contribution in [0.4, 0.5) is 0 Å². The molecule has 16 heavy (non-hydrogen) atoms. The molecule has 1 aromatic heterocycles. The van der Waals surface area contributed by atoms with E-state index in [-0.39, 0.29) is 5.78 Å². The number of hydrogen-bond donors (Lipinski definition) is 0. The van der Waals surface area contributed by atoms with Crippen molar-refractivity contribution in [2.24, 2.45) is 7.05 Å². The Labute approximate surface area is 95.6 Å². The van der Waals surface area contributed by atoms with E-state index in [1.807, 2.05) is 7.05 Å². The molecule has 1 saturated carbocycles. The van der Waals surface area contributed by atoms with E-state index < -0.39 is 5.60 Å². The third-order valence-corrected chi connectivity index (χ3v) is 3.43. The standard InChI is InChI=1S/C12H18N2O2/c1-14-9-10(8-13-14)11(15)12(16-2)6-4-3-5-7-12/h8-9H,3-7H2,1-2H3. The van der Waals surface area contributed by atoms with Gasteiger partial charge >= 0.3 is 0 Å². The first-order valence-electron chi connectivity index (χ1n) is 5.76. The highest BCUT2D eigenvalue weighted by Crippen LogP contribution is 2.33. The molecule has 0 bridgehead atoms. The van der Waals surface area contributed by atoms with Crippen LogP contribution in [0.5, 0.6) is 0 Å². The molecule has 0 N–H and O–H groups in total. The molecule has 4 nitrogen and oxygen atoms in total. The van der Waals surface area contributed by atoms with Gasteiger partial charge in [0.15, 0.2) is 5.78 Å². The molecule has 0 spiro atoms. The van der Waals surface area contributed by atoms with Gasteiger partial charge in [-0.3, -0.25) is 9.48 Å². The van der Waals surface area contributed by atoms with Crippen molar-refractivity contribution in [2.45, 2.75) is 37.7 Å². The molecular weight excluding hydrogens is 204 g/mol. The molecule has 0 radical (unpaired) electrons. The Morgan fingerprint density at radius 1 is 1.44 bits per heavy atom. The minimum atomic E-state index is -0.596. The highest BCUT2D eigenvalue weighted by molar-refractivity contribution is 6.02. The molecule has 0 amide bonds. The van der Waals surface area contributed by atoms with E-state index in [1.54, 1.807) is 24.2 Å². The zero-order valence-corrected chi connectivity index (χ0v) is 9.90. The van der Waals surface area contributed by atoms with Crippen molar-refractivity contribution in [3.05, 3.63) is 18.0 Å². The second-order valence-electron chi connectivity index (χ2n) is 4.49. The van der Waals surface area contributed by atoms with Crippen molar-refractivity contribution < 1.29 is 9.53 Å². The van der Waals surface area contributed by atoms with Crippen LogP contribution in [-0.4, -0.2) is 28.3 Å². The Morgan fingerprint density at radius 2 is 2.12 bits per heavy atom. The summed E-state index contributed by atoms with van der Waals surface area (Å²) in [5.74, 6) is 0.0859. The molecule has 2 rings (SSSR count). The zero-order chi connectivity index (χ0) is 11.6. The second-order valence-corrected chi connectivity index (χ2v) is 4.49. The first-order chi connectivity index (χ1) is 7.68. The highest BCUT2D eigenvalue weighted by Gasteiger charge is 2.40. The van der Waals surface area contributed by atoms with Crippen molar-refractivity contribution in [3.63, 3.8) is 0 Å². The zero-order valence-electron chi connectivity index (χ0n) is 9.90. The fourth-order valence-electron chi connectivity index (χ4n) is 2.45. The monoisotopic (exact) mass is 222 g/mol. The van der Waals surface area contributed by atoms with Gasteiger partial charge in [-0.2, -0.15) is 5.10 Å². The van der Waals surface area contributed by atoms with Crippen LogP contribution in [0.1, 0.15) is 42.5 Å². The lowest BCUT2D eigenvalue weighted by atomic mass is 9.80. The minimum absolute atomic E-state index is 0.0859. The number of aryl methyl sites for hydroxylation is 1. The Morgan fingerprint density at radius 3 is 2.62 bits per heavy atom. The molecule has 0 atom stereocenters. The van der Waals surface area contributed by atoms with Gasteiger partial charge in [-0.25, -0.2) is 0 Å². The maximum atomic E-state index is 12.4. The van der Waals surface area contributed by atoms with Gasteiger partial charge in [0.25, 0.3) is 0 Å². The molecule has 1 aromatic rings. The van der Waals surface area contributed by atoms with Gasteiger partial charge in [0.2, 0.25) is 0 Å². The Bertz CT molecular complexity index is 378. The van der Waals surface area contributed by atoms with Crippen molar-refractivity contribution in [2.75, 3.05) is 7.11 Å². The molecule has 1 fully saturated rings. The van der Waals surface area contributed by atoms with Crippen LogP contribution in [0.25, 0.3) is 0 Å². The van der Waals surface area contributed by atoms with Gasteiger partial charge in [0.1, 0.15) is 5.60 Å². The number of Topliss-reactive ketones (excluding diaryl/α,β-unsaturated/α-hetero) is 1. The van der Waals surface area contributed by atoms with Crippen LogP contribution in [-0.2, 0) is 11.8 Å². The maximum Gasteiger partial charge on any atom is 0.197 e. The molecule has 88 valence electrons. The van der Waals surface area contributed by atoms with E-state index in [1.165, 1.54) is 6.42 Å². The van der Waals surface area contributed by atoms with Gasteiger partial charge in [0.05, 0.1) is 11.8 Å². The van der Waals surface area contributed by atoms with Gasteiger partial charge in [-0.15, -0.1) is 0 Å². The van der Waals surface area contributed by atoms with E-state index in [9.17, 15) is 4.79 Å². The van der Waals surface area contributed by atoms with Gasteiger partial charge < -0.3 is 4.74 Å². The third kappa shape index (κ3) is 1.89. The van der Waals surface area contributed by atoms with Crippen molar-refractivity contribution in [3.8, 4) is 0 Å². The van der Waals surface area contributed by atoms with Crippen LogP contribution in [0, 0.1) is 0 Å². The molecule has 1 aliphatic rings. The molecule has 0 unspecified atom stereocenters. The summed E-state index contributed by atoms with van der Waals surface area (Å²) in [6.45, 7) is 0. The number of aromatic nitrogens is 2. The summed E-state index contributed by atoms with van der Waals surface area (Å²) in [4.78, 5) is 12.4. The highest BCUT2D eigenvalue weighted by atomic mass is 16.5. The van der Waals surface area contributed by atoms with Gasteiger partial charge in [-0.05, 0) is 12.8 Å². The van der Waals surface area contributed by atoms with Crippen LogP contribution >= 0.6 is 0 Å². The predicted octanol–water partition coefficient (Wildman–Crippen LogP) is 1.95. The van der Waals surface area contributed by atoms with E-state index in [2.05, 4.69) is 5.10 Å². The van der Waals surface area contributed by atoms with E-state index in [0.29, 0.717) is 5.56 Å². The van der Waals surface area contributed by atoms with Crippen LogP contribution in [0.2, 0.25) is 0 Å². The lowest BCUT2D eigenvalue weighted by Crippen LogP contribution is -2.42. The largest absolute Gasteiger partial charge is 0.370 e. The van der Waals surface area contributed by atoms with Crippen molar-refractivity contribution >= 4 is 5.78 Å². The van der Waals surface area contributed by atoms with Gasteiger partial charge in [0, 0.05) is 20.4 Å². The fourth-order valence-corrected chi connectivity index (χ4v) is 2.45. The Balaban J connectivity index is 2.24. The molecule has 0 saturated heterocycles. The number of carbonyl (C=O) groups is 1. The smallest absolute Gasteiger partial charge is 0.197 e. The molecular formula is C12H18N2O2. The maximum absolute atomic E-state index is 12.4. The number of carbonyl (C=O) groups excluding carboxylic acids is 1. The number of rotatable bonds is 3. The molecule has 0 aliphatic heterocycles. The molecule has 0 aromatic carbocycles. The number of methoxy groups -OCH3 is 1. The van der Waals surface area contributed by atoms with E-state index in [4.69, 9.17) is 4.74 Å². The summed E-state index contributed by atoms with van der Waals surface area (Å²) >= 11 is 0. The fraction of sp³-hybridized carbons (Fsp3) is 0.667. The summed E-state index contributed by atoms with van der Waals surface area (Å²) in [6.07, 6.45) is 8.38. The SMILES string of the molecule is COC1(C(=O)c2cnn(C)c2)CCCCC1. The summed E-state index contributed by atoms with van der Waals surface area (Å²) in [5, 5.41) is 4.04. The number of hydrogen-bond acceptors (Lipinski definition) is 3. The van der Waals surface area contributed by atoms with E-state index >= 15 is 0 Å². The first kappa shape index (κ1) is 11.3. The topological polar surface area (TPSA) is 44.1 Å². The third-order valence-electron chi connectivity index (χ3n) is 3.43. The average molecular weight is 222 g/mol. The van der Waals surface area contributed by atoms with Crippen molar-refractivity contribution in [1.29, 1.82) is 0 Å². The predicted molar refractivity (Wildman–Crippen MR) is 60.4 cm³/mol.